The summed E-state index contributed by atoms with van der Waals surface area (Å²) in [5.41, 5.74) is 3.59. The SMILES string of the molecule is Cc1c(Cc2ccc(-c3ccnc(F)c3)nc2)cc2c(c1F)OCN(C1CCCC1)C2=O. The Morgan fingerprint density at radius 2 is 1.94 bits per heavy atom. The number of halogens is 2. The molecule has 1 saturated carbocycles. The monoisotopic (exact) mass is 435 g/mol. The standard InChI is InChI=1S/C25H23F2N3O2/c1-15-18(10-16-6-7-21(29-13-16)17-8-9-28-22(26)12-17)11-20-24(23(15)27)32-14-30(25(20)31)19-4-2-3-5-19/h6-9,11-13,19H,2-5,10,14H2,1H3. The first-order chi connectivity index (χ1) is 15.5. The predicted molar refractivity (Wildman–Crippen MR) is 115 cm³/mol. The molecule has 0 atom stereocenters. The largest absolute Gasteiger partial charge is 0.469 e. The summed E-state index contributed by atoms with van der Waals surface area (Å²) < 4.78 is 34.2. The number of aromatic nitrogens is 2. The van der Waals surface area contributed by atoms with Gasteiger partial charge in [0.2, 0.25) is 5.95 Å². The Balaban J connectivity index is 1.42. The summed E-state index contributed by atoms with van der Waals surface area (Å²) in [6.07, 6.45) is 7.63. The first-order valence-electron chi connectivity index (χ1n) is 10.8. The Morgan fingerprint density at radius 3 is 2.66 bits per heavy atom. The highest BCUT2D eigenvalue weighted by atomic mass is 19.1. The minimum absolute atomic E-state index is 0.0543. The predicted octanol–water partition coefficient (Wildman–Crippen LogP) is 5.06. The number of carbonyl (C=O) groups is 1. The van der Waals surface area contributed by atoms with Crippen LogP contribution in [0.5, 0.6) is 5.75 Å². The topological polar surface area (TPSA) is 55.3 Å². The quantitative estimate of drug-likeness (QED) is 0.538. The van der Waals surface area contributed by atoms with Gasteiger partial charge in [0.1, 0.15) is 0 Å². The van der Waals surface area contributed by atoms with Gasteiger partial charge in [-0.15, -0.1) is 0 Å². The number of nitrogens with zero attached hydrogens (tertiary/aromatic N) is 3. The molecule has 0 unspecified atom stereocenters. The maximum atomic E-state index is 15.1. The average Bonchev–Trinajstić information content (AvgIpc) is 3.33. The van der Waals surface area contributed by atoms with Crippen molar-refractivity contribution in [3.05, 3.63) is 76.7 Å². The first kappa shape index (κ1) is 20.5. The molecule has 0 radical (unpaired) electrons. The molecule has 3 aromatic rings. The molecule has 0 bridgehead atoms. The fourth-order valence-electron chi connectivity index (χ4n) is 4.58. The van der Waals surface area contributed by atoms with Gasteiger partial charge in [-0.3, -0.25) is 9.78 Å². The molecule has 32 heavy (non-hydrogen) atoms. The fraction of sp³-hybridized carbons (Fsp3) is 0.320. The lowest BCUT2D eigenvalue weighted by molar-refractivity contribution is 0.0377. The van der Waals surface area contributed by atoms with Gasteiger partial charge < -0.3 is 9.64 Å². The molecule has 5 rings (SSSR count). The molecule has 0 spiro atoms. The van der Waals surface area contributed by atoms with E-state index in [1.807, 2.05) is 6.07 Å². The molecule has 1 aromatic carbocycles. The summed E-state index contributed by atoms with van der Waals surface area (Å²) in [5, 5.41) is 0. The molecule has 164 valence electrons. The van der Waals surface area contributed by atoms with Crippen molar-refractivity contribution < 1.29 is 18.3 Å². The number of rotatable bonds is 4. The second kappa shape index (κ2) is 8.30. The molecular weight excluding hydrogens is 412 g/mol. The summed E-state index contributed by atoms with van der Waals surface area (Å²) in [7, 11) is 0. The van der Waals surface area contributed by atoms with Gasteiger partial charge in [0.15, 0.2) is 18.3 Å². The maximum Gasteiger partial charge on any atom is 0.260 e. The molecule has 0 saturated heterocycles. The molecule has 1 aliphatic heterocycles. The van der Waals surface area contributed by atoms with Gasteiger partial charge in [-0.25, -0.2) is 9.37 Å². The number of fused-ring (bicyclic) bond motifs is 1. The van der Waals surface area contributed by atoms with Crippen molar-refractivity contribution in [1.82, 2.24) is 14.9 Å². The third-order valence-corrected chi connectivity index (χ3v) is 6.42. The van der Waals surface area contributed by atoms with Crippen molar-refractivity contribution in [2.45, 2.75) is 45.1 Å². The highest BCUT2D eigenvalue weighted by Crippen LogP contribution is 2.36. The van der Waals surface area contributed by atoms with Crippen LogP contribution in [0.2, 0.25) is 0 Å². The van der Waals surface area contributed by atoms with E-state index in [1.54, 1.807) is 36.2 Å². The second-order valence-corrected chi connectivity index (χ2v) is 8.43. The van der Waals surface area contributed by atoms with Gasteiger partial charge in [-0.1, -0.05) is 18.9 Å². The minimum Gasteiger partial charge on any atom is -0.469 e. The molecule has 0 N–H and O–H groups in total. The zero-order chi connectivity index (χ0) is 22.2. The van der Waals surface area contributed by atoms with Gasteiger partial charge >= 0.3 is 0 Å². The lowest BCUT2D eigenvalue weighted by Gasteiger charge is -2.34. The van der Waals surface area contributed by atoms with Gasteiger partial charge in [0.05, 0.1) is 11.3 Å². The normalized spacial score (nSPS) is 16.2. The third-order valence-electron chi connectivity index (χ3n) is 6.42. The Bertz CT molecular complexity index is 1170. The molecule has 1 amide bonds. The van der Waals surface area contributed by atoms with Crippen molar-refractivity contribution in [2.24, 2.45) is 0 Å². The smallest absolute Gasteiger partial charge is 0.260 e. The van der Waals surface area contributed by atoms with E-state index in [9.17, 15) is 9.18 Å². The highest BCUT2D eigenvalue weighted by molar-refractivity contribution is 5.98. The van der Waals surface area contributed by atoms with Crippen molar-refractivity contribution in [3.63, 3.8) is 0 Å². The van der Waals surface area contributed by atoms with Crippen LogP contribution in [0.1, 0.15) is 52.7 Å². The fourth-order valence-corrected chi connectivity index (χ4v) is 4.58. The van der Waals surface area contributed by atoms with E-state index in [0.29, 0.717) is 23.2 Å². The molecule has 3 heterocycles. The van der Waals surface area contributed by atoms with Crippen molar-refractivity contribution in [3.8, 4) is 17.0 Å². The van der Waals surface area contributed by atoms with Crippen LogP contribution < -0.4 is 4.74 Å². The molecular formula is C25H23F2N3O2. The number of benzene rings is 1. The summed E-state index contributed by atoms with van der Waals surface area (Å²) in [5.74, 6) is -1.15. The van der Waals surface area contributed by atoms with E-state index in [1.165, 1.54) is 12.3 Å². The number of amides is 1. The molecule has 7 heteroatoms. The summed E-state index contributed by atoms with van der Waals surface area (Å²) in [6.45, 7) is 1.80. The molecule has 1 fully saturated rings. The average molecular weight is 435 g/mol. The summed E-state index contributed by atoms with van der Waals surface area (Å²) in [4.78, 5) is 22.8. The maximum absolute atomic E-state index is 15.1. The Kier molecular flexibility index (Phi) is 5.33. The van der Waals surface area contributed by atoms with Crippen molar-refractivity contribution in [1.29, 1.82) is 0 Å². The van der Waals surface area contributed by atoms with Crippen molar-refractivity contribution in [2.75, 3.05) is 6.73 Å². The lowest BCUT2D eigenvalue weighted by Crippen LogP contribution is -2.44. The number of hydrogen-bond donors (Lipinski definition) is 0. The van der Waals surface area contributed by atoms with Crippen LogP contribution in [0, 0.1) is 18.7 Å². The van der Waals surface area contributed by atoms with Crippen LogP contribution in [0.25, 0.3) is 11.3 Å². The van der Waals surface area contributed by atoms with Gasteiger partial charge in [-0.2, -0.15) is 4.39 Å². The Morgan fingerprint density at radius 1 is 1.12 bits per heavy atom. The molecule has 2 aliphatic rings. The second-order valence-electron chi connectivity index (χ2n) is 8.43. The summed E-state index contributed by atoms with van der Waals surface area (Å²) in [6, 6.07) is 8.61. The highest BCUT2D eigenvalue weighted by Gasteiger charge is 2.35. The van der Waals surface area contributed by atoms with Crippen LogP contribution in [0.15, 0.2) is 42.7 Å². The van der Waals surface area contributed by atoms with Gasteiger partial charge in [-0.05, 0) is 61.1 Å². The van der Waals surface area contributed by atoms with E-state index in [4.69, 9.17) is 4.74 Å². The van der Waals surface area contributed by atoms with Crippen LogP contribution in [-0.2, 0) is 6.42 Å². The Labute approximate surface area is 185 Å². The number of hydrogen-bond acceptors (Lipinski definition) is 4. The number of ether oxygens (including phenoxy) is 1. The number of pyridine rings is 2. The Hall–Kier alpha value is -3.35. The van der Waals surface area contributed by atoms with E-state index >= 15 is 4.39 Å². The molecule has 2 aromatic heterocycles. The first-order valence-corrected chi connectivity index (χ1v) is 10.8. The van der Waals surface area contributed by atoms with Crippen LogP contribution in [0.3, 0.4) is 0 Å². The van der Waals surface area contributed by atoms with Crippen LogP contribution in [-0.4, -0.2) is 33.5 Å². The van der Waals surface area contributed by atoms with Crippen molar-refractivity contribution >= 4 is 5.91 Å². The van der Waals surface area contributed by atoms with Gasteiger partial charge in [0, 0.05) is 30.1 Å². The number of carbonyl (C=O) groups excluding carboxylic acids is 1. The lowest BCUT2D eigenvalue weighted by atomic mass is 9.96. The van der Waals surface area contributed by atoms with E-state index < -0.39 is 11.8 Å². The zero-order valence-corrected chi connectivity index (χ0v) is 17.8. The zero-order valence-electron chi connectivity index (χ0n) is 17.8. The summed E-state index contributed by atoms with van der Waals surface area (Å²) >= 11 is 0. The third kappa shape index (κ3) is 3.72. The molecule has 5 nitrogen and oxygen atoms in total. The minimum atomic E-state index is -0.563. The van der Waals surface area contributed by atoms with E-state index in [2.05, 4.69) is 9.97 Å². The van der Waals surface area contributed by atoms with E-state index in [-0.39, 0.29) is 30.0 Å². The van der Waals surface area contributed by atoms with Gasteiger partial charge in [0.25, 0.3) is 5.91 Å². The van der Waals surface area contributed by atoms with E-state index in [0.717, 1.165) is 36.8 Å². The van der Waals surface area contributed by atoms with Crippen LogP contribution in [0.4, 0.5) is 8.78 Å². The molecule has 1 aliphatic carbocycles. The van der Waals surface area contributed by atoms with Crippen LogP contribution >= 0.6 is 0 Å².